The van der Waals surface area contributed by atoms with E-state index in [9.17, 15) is 14.4 Å². The van der Waals surface area contributed by atoms with Gasteiger partial charge >= 0.3 is 0 Å². The molecule has 1 atom stereocenters. The molecule has 1 unspecified atom stereocenters. The van der Waals surface area contributed by atoms with E-state index >= 15 is 0 Å². The van der Waals surface area contributed by atoms with Crippen LogP contribution in [0.2, 0.25) is 0 Å². The van der Waals surface area contributed by atoms with Crippen molar-refractivity contribution >= 4 is 17.7 Å². The molecule has 2 aromatic carbocycles. The molecule has 4 aliphatic rings. The zero-order chi connectivity index (χ0) is 24.6. The fourth-order valence-corrected chi connectivity index (χ4v) is 5.32. The molecule has 0 aromatic heterocycles. The number of carbonyl (C=O) groups is 3. The summed E-state index contributed by atoms with van der Waals surface area (Å²) >= 11 is 0. The van der Waals surface area contributed by atoms with Crippen molar-refractivity contribution in [2.45, 2.75) is 45.0 Å². The number of hydrogen-bond acceptors (Lipinski definition) is 5. The summed E-state index contributed by atoms with van der Waals surface area (Å²) < 4.78 is 6.13. The molecule has 182 valence electrons. The molecular weight excluding hydrogens is 454 g/mol. The van der Waals surface area contributed by atoms with Crippen LogP contribution in [0.25, 0.3) is 0 Å². The Hall–Kier alpha value is -4.13. The van der Waals surface area contributed by atoms with E-state index in [0.717, 1.165) is 30.6 Å². The van der Waals surface area contributed by atoms with E-state index in [0.29, 0.717) is 30.9 Å². The Kier molecular flexibility index (Phi) is 5.68. The molecule has 0 saturated carbocycles. The number of fused-ring (bicyclic) bond motifs is 2. The largest absolute Gasteiger partial charge is 0.489 e. The molecule has 2 aromatic rings. The van der Waals surface area contributed by atoms with Crippen LogP contribution in [0.15, 0.2) is 78.0 Å². The van der Waals surface area contributed by atoms with Gasteiger partial charge in [0.1, 0.15) is 18.4 Å². The van der Waals surface area contributed by atoms with Gasteiger partial charge in [-0.1, -0.05) is 48.6 Å². The van der Waals surface area contributed by atoms with Gasteiger partial charge in [0.25, 0.3) is 5.91 Å². The number of hydrogen-bond donors (Lipinski definition) is 1. The van der Waals surface area contributed by atoms with Gasteiger partial charge in [-0.2, -0.15) is 0 Å². The number of carbonyl (C=O) groups excluding carboxylic acids is 3. The second kappa shape index (κ2) is 9.15. The number of benzene rings is 2. The number of imide groups is 1. The third kappa shape index (κ3) is 4.21. The monoisotopic (exact) mass is 481 g/mol. The van der Waals surface area contributed by atoms with Crippen LogP contribution in [0.5, 0.6) is 5.75 Å². The first-order valence-corrected chi connectivity index (χ1v) is 12.3. The van der Waals surface area contributed by atoms with Gasteiger partial charge in [0.05, 0.1) is 6.54 Å². The Labute approximate surface area is 209 Å². The van der Waals surface area contributed by atoms with Crippen LogP contribution in [0.1, 0.15) is 46.3 Å². The Morgan fingerprint density at radius 1 is 0.972 bits per heavy atom. The average Bonchev–Trinajstić information content (AvgIpc) is 3.44. The lowest BCUT2D eigenvalue weighted by Crippen LogP contribution is -2.52. The van der Waals surface area contributed by atoms with E-state index in [-0.39, 0.29) is 18.2 Å². The molecule has 1 aliphatic carbocycles. The van der Waals surface area contributed by atoms with E-state index in [1.165, 1.54) is 16.7 Å². The standard InChI is InChI=1S/C29H27N3O4/c33-27-13-12-25(28(34)30-27)32-17-24-23(29(32)35)6-3-7-26(24)36-18-20-10-8-19(9-11-20)14-31-15-21-4-1-2-5-22(21)16-31/h1-4,6-11,16,25H,5,12-15,17-18H2,(H,30,33,34). The van der Waals surface area contributed by atoms with Gasteiger partial charge in [-0.25, -0.2) is 0 Å². The maximum absolute atomic E-state index is 13.0. The minimum atomic E-state index is -0.634. The van der Waals surface area contributed by atoms with E-state index in [1.807, 2.05) is 6.07 Å². The predicted octanol–water partition coefficient (Wildman–Crippen LogP) is 3.61. The molecule has 3 amide bonds. The highest BCUT2D eigenvalue weighted by Crippen LogP contribution is 2.34. The number of ether oxygens (including phenoxy) is 1. The van der Waals surface area contributed by atoms with Crippen molar-refractivity contribution in [1.82, 2.24) is 15.1 Å². The van der Waals surface area contributed by atoms with Crippen LogP contribution < -0.4 is 10.1 Å². The lowest BCUT2D eigenvalue weighted by atomic mass is 10.0. The van der Waals surface area contributed by atoms with Gasteiger partial charge in [0.15, 0.2) is 0 Å². The van der Waals surface area contributed by atoms with Crippen molar-refractivity contribution in [2.24, 2.45) is 0 Å². The van der Waals surface area contributed by atoms with Crippen molar-refractivity contribution in [1.29, 1.82) is 0 Å². The molecule has 1 fully saturated rings. The number of nitrogens with one attached hydrogen (secondary N) is 1. The summed E-state index contributed by atoms with van der Waals surface area (Å²) in [5.74, 6) is -0.252. The van der Waals surface area contributed by atoms with Gasteiger partial charge in [-0.3, -0.25) is 19.7 Å². The van der Waals surface area contributed by atoms with Crippen LogP contribution in [0.4, 0.5) is 0 Å². The first-order chi connectivity index (χ1) is 17.5. The second-order valence-electron chi connectivity index (χ2n) is 9.67. The fourth-order valence-electron chi connectivity index (χ4n) is 5.32. The quantitative estimate of drug-likeness (QED) is 0.638. The highest BCUT2D eigenvalue weighted by Gasteiger charge is 2.40. The average molecular weight is 482 g/mol. The highest BCUT2D eigenvalue weighted by molar-refractivity contribution is 6.05. The number of allylic oxidation sites excluding steroid dienone is 3. The summed E-state index contributed by atoms with van der Waals surface area (Å²) in [5, 5.41) is 2.34. The number of rotatable bonds is 6. The Balaban J connectivity index is 1.09. The minimum absolute atomic E-state index is 0.197. The molecule has 36 heavy (non-hydrogen) atoms. The summed E-state index contributed by atoms with van der Waals surface area (Å²) in [7, 11) is 0. The van der Waals surface area contributed by atoms with Crippen molar-refractivity contribution in [3.05, 3.63) is 100 Å². The third-order valence-corrected chi connectivity index (χ3v) is 7.24. The summed E-state index contributed by atoms with van der Waals surface area (Å²) in [4.78, 5) is 40.7. The molecule has 0 radical (unpaired) electrons. The van der Waals surface area contributed by atoms with Gasteiger partial charge in [0, 0.05) is 36.8 Å². The topological polar surface area (TPSA) is 79.0 Å². The maximum atomic E-state index is 13.0. The summed E-state index contributed by atoms with van der Waals surface area (Å²) in [6.07, 6.45) is 10.4. The number of amides is 3. The summed E-state index contributed by atoms with van der Waals surface area (Å²) in [6.45, 7) is 2.51. The first kappa shape index (κ1) is 22.3. The van der Waals surface area contributed by atoms with Crippen LogP contribution in [-0.4, -0.2) is 40.1 Å². The molecule has 1 saturated heterocycles. The second-order valence-corrected chi connectivity index (χ2v) is 9.67. The third-order valence-electron chi connectivity index (χ3n) is 7.24. The Morgan fingerprint density at radius 2 is 1.81 bits per heavy atom. The summed E-state index contributed by atoms with van der Waals surface area (Å²) in [5.41, 5.74) is 6.45. The zero-order valence-electron chi connectivity index (χ0n) is 19.9. The van der Waals surface area contributed by atoms with E-state index in [1.54, 1.807) is 17.0 Å². The van der Waals surface area contributed by atoms with Crippen LogP contribution >= 0.6 is 0 Å². The Morgan fingerprint density at radius 3 is 2.61 bits per heavy atom. The normalized spacial score (nSPS) is 20.7. The Bertz CT molecular complexity index is 1340. The van der Waals surface area contributed by atoms with E-state index < -0.39 is 11.9 Å². The van der Waals surface area contributed by atoms with Gasteiger partial charge in [0.2, 0.25) is 11.8 Å². The minimum Gasteiger partial charge on any atom is -0.489 e. The number of nitrogens with zero attached hydrogens (tertiary/aromatic N) is 2. The maximum Gasteiger partial charge on any atom is 0.255 e. The summed E-state index contributed by atoms with van der Waals surface area (Å²) in [6, 6.07) is 13.2. The van der Waals surface area contributed by atoms with Crippen LogP contribution in [0.3, 0.4) is 0 Å². The molecule has 6 rings (SSSR count). The molecule has 0 bridgehead atoms. The van der Waals surface area contributed by atoms with Gasteiger partial charge in [-0.15, -0.1) is 0 Å². The molecule has 7 nitrogen and oxygen atoms in total. The van der Waals surface area contributed by atoms with E-state index in [2.05, 4.69) is 58.9 Å². The number of piperidine rings is 1. The van der Waals surface area contributed by atoms with Crippen molar-refractivity contribution in [3.63, 3.8) is 0 Å². The van der Waals surface area contributed by atoms with E-state index in [4.69, 9.17) is 4.74 Å². The first-order valence-electron chi connectivity index (χ1n) is 12.3. The van der Waals surface area contributed by atoms with Gasteiger partial charge in [-0.05, 0) is 47.2 Å². The highest BCUT2D eigenvalue weighted by atomic mass is 16.5. The molecule has 7 heteroatoms. The molecule has 3 aliphatic heterocycles. The van der Waals surface area contributed by atoms with Crippen molar-refractivity contribution in [2.75, 3.05) is 6.54 Å². The van der Waals surface area contributed by atoms with Crippen LogP contribution in [0, 0.1) is 0 Å². The molecule has 0 spiro atoms. The predicted molar refractivity (Wildman–Crippen MR) is 134 cm³/mol. The zero-order valence-corrected chi connectivity index (χ0v) is 19.9. The SMILES string of the molecule is O=C1CCC(N2Cc3c(OCc4ccc(CN5C=C6CC=CC=C6C5)cc4)cccc3C2=O)C(=O)N1. The van der Waals surface area contributed by atoms with Crippen molar-refractivity contribution < 1.29 is 19.1 Å². The molecule has 1 N–H and O–H groups in total. The smallest absolute Gasteiger partial charge is 0.255 e. The molecule has 3 heterocycles. The van der Waals surface area contributed by atoms with Crippen LogP contribution in [-0.2, 0) is 29.3 Å². The molecular formula is C29H27N3O4. The fraction of sp³-hybridized carbons (Fsp3) is 0.276. The lowest BCUT2D eigenvalue weighted by Gasteiger charge is -2.29. The van der Waals surface area contributed by atoms with Crippen molar-refractivity contribution in [3.8, 4) is 5.75 Å². The lowest BCUT2D eigenvalue weighted by molar-refractivity contribution is -0.136. The van der Waals surface area contributed by atoms with Gasteiger partial charge < -0.3 is 14.5 Å².